The largest absolute Gasteiger partial charge is 0.384 e. The Labute approximate surface area is 105 Å². The minimum Gasteiger partial charge on any atom is -0.384 e. The van der Waals surface area contributed by atoms with Gasteiger partial charge in [0.15, 0.2) is 0 Å². The zero-order chi connectivity index (χ0) is 12.4. The van der Waals surface area contributed by atoms with Gasteiger partial charge in [0, 0.05) is 16.8 Å². The van der Waals surface area contributed by atoms with Gasteiger partial charge in [0.25, 0.3) is 0 Å². The van der Waals surface area contributed by atoms with Crippen LogP contribution in [0.3, 0.4) is 0 Å². The first-order valence-corrected chi connectivity index (χ1v) is 5.62. The lowest BCUT2D eigenvalue weighted by Crippen LogP contribution is -2.06. The number of nitrogens with zero attached hydrogens (tertiary/aromatic N) is 1. The summed E-state index contributed by atoms with van der Waals surface area (Å²) in [6.45, 7) is 1.90. The van der Waals surface area contributed by atoms with Crippen molar-refractivity contribution < 1.29 is 5.11 Å². The highest BCUT2D eigenvalue weighted by molar-refractivity contribution is 6.30. The first-order chi connectivity index (χ1) is 8.09. The van der Waals surface area contributed by atoms with Gasteiger partial charge < -0.3 is 10.8 Å². The predicted molar refractivity (Wildman–Crippen MR) is 68.9 cm³/mol. The molecule has 0 aliphatic heterocycles. The molecule has 0 fully saturated rings. The van der Waals surface area contributed by atoms with E-state index in [0.29, 0.717) is 16.4 Å². The van der Waals surface area contributed by atoms with Gasteiger partial charge in [0.05, 0.1) is 0 Å². The molecule has 2 rings (SSSR count). The molecule has 3 nitrogen and oxygen atoms in total. The Kier molecular flexibility index (Phi) is 3.31. The van der Waals surface area contributed by atoms with Crippen LogP contribution in [-0.4, -0.2) is 10.1 Å². The third kappa shape index (κ3) is 2.40. The Bertz CT molecular complexity index is 543. The first kappa shape index (κ1) is 11.9. The number of halogens is 1. The summed E-state index contributed by atoms with van der Waals surface area (Å²) < 4.78 is 0. The molecular formula is C13H13ClN2O. The van der Waals surface area contributed by atoms with E-state index in [1.165, 1.54) is 0 Å². The number of anilines is 1. The van der Waals surface area contributed by atoms with Crippen molar-refractivity contribution in [1.29, 1.82) is 0 Å². The number of aromatic nitrogens is 1. The fourth-order valence-electron chi connectivity index (χ4n) is 1.77. The Balaban J connectivity index is 2.44. The molecule has 0 bridgehead atoms. The molecule has 1 unspecified atom stereocenters. The number of nitrogen functional groups attached to an aromatic ring is 1. The maximum Gasteiger partial charge on any atom is 0.129 e. The quantitative estimate of drug-likeness (QED) is 0.859. The van der Waals surface area contributed by atoms with Crippen LogP contribution < -0.4 is 5.73 Å². The number of aliphatic hydroxyl groups is 1. The Morgan fingerprint density at radius 3 is 2.71 bits per heavy atom. The molecule has 0 saturated carbocycles. The van der Waals surface area contributed by atoms with Gasteiger partial charge >= 0.3 is 0 Å². The van der Waals surface area contributed by atoms with Crippen LogP contribution in [0, 0.1) is 6.92 Å². The number of pyridine rings is 1. The van der Waals surface area contributed by atoms with Gasteiger partial charge in [-0.05, 0) is 36.2 Å². The Hall–Kier alpha value is -1.58. The summed E-state index contributed by atoms with van der Waals surface area (Å²) in [5.74, 6) is 0.342. The van der Waals surface area contributed by atoms with Gasteiger partial charge in [-0.1, -0.05) is 23.7 Å². The molecule has 88 valence electrons. The summed E-state index contributed by atoms with van der Waals surface area (Å²) in [6.07, 6.45) is 0.821. The van der Waals surface area contributed by atoms with Crippen molar-refractivity contribution in [3.8, 4) is 0 Å². The van der Waals surface area contributed by atoms with Crippen molar-refractivity contribution in [3.05, 3.63) is 58.2 Å². The number of benzene rings is 1. The van der Waals surface area contributed by atoms with Crippen molar-refractivity contribution in [2.75, 3.05) is 5.73 Å². The zero-order valence-electron chi connectivity index (χ0n) is 9.39. The molecule has 1 aromatic heterocycles. The van der Waals surface area contributed by atoms with Gasteiger partial charge in [0.1, 0.15) is 11.9 Å². The van der Waals surface area contributed by atoms with E-state index in [9.17, 15) is 5.11 Å². The Morgan fingerprint density at radius 1 is 1.29 bits per heavy atom. The zero-order valence-corrected chi connectivity index (χ0v) is 10.1. The number of hydrogen-bond donors (Lipinski definition) is 2. The van der Waals surface area contributed by atoms with E-state index in [0.717, 1.165) is 11.1 Å². The SMILES string of the molecule is Cc1cc(Cl)ccc1C(O)c1cccnc1N. The summed E-state index contributed by atoms with van der Waals surface area (Å²) in [6, 6.07) is 8.88. The first-order valence-electron chi connectivity index (χ1n) is 5.24. The molecule has 3 N–H and O–H groups in total. The van der Waals surface area contributed by atoms with Crippen LogP contribution in [0.1, 0.15) is 22.8 Å². The summed E-state index contributed by atoms with van der Waals surface area (Å²) in [5.41, 5.74) is 8.06. The third-order valence-electron chi connectivity index (χ3n) is 2.69. The fourth-order valence-corrected chi connectivity index (χ4v) is 2.00. The van der Waals surface area contributed by atoms with Gasteiger partial charge in [-0.2, -0.15) is 0 Å². The number of aliphatic hydroxyl groups excluding tert-OH is 1. The third-order valence-corrected chi connectivity index (χ3v) is 2.93. The summed E-state index contributed by atoms with van der Waals surface area (Å²) in [5, 5.41) is 10.9. The maximum absolute atomic E-state index is 10.3. The van der Waals surface area contributed by atoms with Crippen LogP contribution in [0.5, 0.6) is 0 Å². The number of rotatable bonds is 2. The molecule has 0 spiro atoms. The second kappa shape index (κ2) is 4.73. The molecule has 0 saturated heterocycles. The van der Waals surface area contributed by atoms with E-state index in [1.54, 1.807) is 30.5 Å². The average molecular weight is 249 g/mol. The summed E-state index contributed by atoms with van der Waals surface area (Å²) in [4.78, 5) is 3.96. The van der Waals surface area contributed by atoms with Crippen molar-refractivity contribution >= 4 is 17.4 Å². The van der Waals surface area contributed by atoms with Gasteiger partial charge in [-0.3, -0.25) is 0 Å². The van der Waals surface area contributed by atoms with Crippen LogP contribution >= 0.6 is 11.6 Å². The van der Waals surface area contributed by atoms with Crippen LogP contribution in [0.25, 0.3) is 0 Å². The second-order valence-corrected chi connectivity index (χ2v) is 4.32. The summed E-state index contributed by atoms with van der Waals surface area (Å²) >= 11 is 5.88. The van der Waals surface area contributed by atoms with Gasteiger partial charge in [0.2, 0.25) is 0 Å². The minimum atomic E-state index is -0.777. The van der Waals surface area contributed by atoms with Crippen LogP contribution in [0.2, 0.25) is 5.02 Å². The standard InChI is InChI=1S/C13H13ClN2O/c1-8-7-9(14)4-5-10(8)12(17)11-3-2-6-16-13(11)15/h2-7,12,17H,1H3,(H2,15,16). The van der Waals surface area contributed by atoms with Gasteiger partial charge in [-0.15, -0.1) is 0 Å². The maximum atomic E-state index is 10.3. The van der Waals surface area contributed by atoms with E-state index in [4.69, 9.17) is 17.3 Å². The Morgan fingerprint density at radius 2 is 2.06 bits per heavy atom. The highest BCUT2D eigenvalue weighted by atomic mass is 35.5. The minimum absolute atomic E-state index is 0.342. The monoisotopic (exact) mass is 248 g/mol. The van der Waals surface area contributed by atoms with Crippen LogP contribution in [0.4, 0.5) is 5.82 Å². The van der Waals surface area contributed by atoms with Crippen molar-refractivity contribution in [3.63, 3.8) is 0 Å². The number of hydrogen-bond acceptors (Lipinski definition) is 3. The van der Waals surface area contributed by atoms with Crippen molar-refractivity contribution in [1.82, 2.24) is 4.98 Å². The highest BCUT2D eigenvalue weighted by Gasteiger charge is 2.15. The molecule has 2 aromatic rings. The second-order valence-electron chi connectivity index (χ2n) is 3.88. The molecule has 0 radical (unpaired) electrons. The lowest BCUT2D eigenvalue weighted by Gasteiger charge is -2.15. The molecule has 1 atom stereocenters. The van der Waals surface area contributed by atoms with Crippen molar-refractivity contribution in [2.24, 2.45) is 0 Å². The average Bonchev–Trinajstić information content (AvgIpc) is 2.29. The summed E-state index contributed by atoms with van der Waals surface area (Å²) in [7, 11) is 0. The lowest BCUT2D eigenvalue weighted by molar-refractivity contribution is 0.220. The lowest BCUT2D eigenvalue weighted by atomic mass is 9.98. The molecule has 1 aromatic carbocycles. The molecular weight excluding hydrogens is 236 g/mol. The van der Waals surface area contributed by atoms with E-state index in [-0.39, 0.29) is 0 Å². The smallest absolute Gasteiger partial charge is 0.129 e. The van der Waals surface area contributed by atoms with Crippen molar-refractivity contribution in [2.45, 2.75) is 13.0 Å². The number of aryl methyl sites for hydroxylation is 1. The topological polar surface area (TPSA) is 59.1 Å². The van der Waals surface area contributed by atoms with E-state index < -0.39 is 6.10 Å². The normalized spacial score (nSPS) is 12.4. The molecule has 0 aliphatic rings. The predicted octanol–water partition coefficient (Wildman–Crippen LogP) is 2.71. The van der Waals surface area contributed by atoms with Crippen LogP contribution in [0.15, 0.2) is 36.5 Å². The number of nitrogens with two attached hydrogens (primary N) is 1. The molecule has 17 heavy (non-hydrogen) atoms. The van der Waals surface area contributed by atoms with Crippen LogP contribution in [-0.2, 0) is 0 Å². The van der Waals surface area contributed by atoms with E-state index in [1.807, 2.05) is 13.0 Å². The molecule has 0 aliphatic carbocycles. The van der Waals surface area contributed by atoms with E-state index in [2.05, 4.69) is 4.98 Å². The highest BCUT2D eigenvalue weighted by Crippen LogP contribution is 2.28. The van der Waals surface area contributed by atoms with Gasteiger partial charge in [-0.25, -0.2) is 4.98 Å². The van der Waals surface area contributed by atoms with E-state index >= 15 is 0 Å². The fraction of sp³-hybridized carbons (Fsp3) is 0.154. The molecule has 0 amide bonds. The molecule has 1 heterocycles. The molecule has 4 heteroatoms.